The molecule has 0 amide bonds. The number of rotatable bonds is 3. The summed E-state index contributed by atoms with van der Waals surface area (Å²) in [6.07, 6.45) is 3.63. The van der Waals surface area contributed by atoms with Gasteiger partial charge in [0, 0.05) is 17.7 Å². The number of esters is 1. The summed E-state index contributed by atoms with van der Waals surface area (Å²) in [5.74, 6) is 0.299. The summed E-state index contributed by atoms with van der Waals surface area (Å²) in [6, 6.07) is 11.4. The molecule has 0 spiro atoms. The SMILES string of the molecule is CC(C)(C)OC(=O)C[n+]1ccc(-c2nc3ccccc3o2)cc1.[Br-]. The van der Waals surface area contributed by atoms with Crippen LogP contribution in [0.5, 0.6) is 0 Å². The summed E-state index contributed by atoms with van der Waals surface area (Å²) in [5.41, 5.74) is 1.97. The molecule has 0 aliphatic carbocycles. The van der Waals surface area contributed by atoms with Crippen LogP contribution in [0.25, 0.3) is 22.6 Å². The third kappa shape index (κ3) is 4.41. The second-order valence-electron chi connectivity index (χ2n) is 6.33. The van der Waals surface area contributed by atoms with Crippen LogP contribution in [0.15, 0.2) is 53.2 Å². The predicted octanol–water partition coefficient (Wildman–Crippen LogP) is 0.128. The number of aromatic nitrogens is 2. The number of hydrogen-bond donors (Lipinski definition) is 0. The first-order chi connectivity index (χ1) is 10.9. The number of pyridine rings is 1. The summed E-state index contributed by atoms with van der Waals surface area (Å²) in [5, 5.41) is 0. The lowest BCUT2D eigenvalue weighted by molar-refractivity contribution is -0.686. The standard InChI is InChI=1S/C18H19N2O3.BrH/c1-18(2,3)23-16(21)12-20-10-8-13(9-11-20)17-19-14-6-4-5-7-15(14)22-17;/h4-11H,12H2,1-3H3;1H/q+1;/p-1. The molecule has 0 radical (unpaired) electrons. The minimum Gasteiger partial charge on any atom is -1.00 e. The van der Waals surface area contributed by atoms with Crippen LogP contribution in [0.1, 0.15) is 20.8 Å². The summed E-state index contributed by atoms with van der Waals surface area (Å²) in [6.45, 7) is 5.73. The normalized spacial score (nSPS) is 11.1. The topological polar surface area (TPSA) is 56.2 Å². The molecule has 0 bridgehead atoms. The first-order valence-electron chi connectivity index (χ1n) is 7.48. The zero-order valence-corrected chi connectivity index (χ0v) is 15.4. The highest BCUT2D eigenvalue weighted by Gasteiger charge is 2.19. The van der Waals surface area contributed by atoms with E-state index in [1.807, 2.05) is 69.6 Å². The third-order valence-electron chi connectivity index (χ3n) is 3.16. The minimum atomic E-state index is -0.476. The van der Waals surface area contributed by atoms with Crippen molar-refractivity contribution in [3.05, 3.63) is 48.8 Å². The van der Waals surface area contributed by atoms with Crippen LogP contribution >= 0.6 is 0 Å². The molecular formula is C18H19BrN2O3. The molecule has 0 saturated heterocycles. The van der Waals surface area contributed by atoms with E-state index in [1.165, 1.54) is 0 Å². The van der Waals surface area contributed by atoms with Crippen LogP contribution in [-0.4, -0.2) is 16.6 Å². The van der Waals surface area contributed by atoms with Crippen molar-refractivity contribution in [3.63, 3.8) is 0 Å². The van der Waals surface area contributed by atoms with Crippen molar-refractivity contribution in [1.29, 1.82) is 0 Å². The number of para-hydroxylation sites is 2. The largest absolute Gasteiger partial charge is 1.00 e. The molecule has 0 aliphatic rings. The molecule has 24 heavy (non-hydrogen) atoms. The first-order valence-corrected chi connectivity index (χ1v) is 7.48. The zero-order valence-electron chi connectivity index (χ0n) is 13.8. The van der Waals surface area contributed by atoms with Crippen LogP contribution in [-0.2, 0) is 16.1 Å². The lowest BCUT2D eigenvalue weighted by atomic mass is 10.2. The molecule has 0 aliphatic heterocycles. The van der Waals surface area contributed by atoms with E-state index in [4.69, 9.17) is 9.15 Å². The van der Waals surface area contributed by atoms with Gasteiger partial charge in [0.25, 0.3) is 0 Å². The average molecular weight is 391 g/mol. The van der Waals surface area contributed by atoms with Gasteiger partial charge in [0.1, 0.15) is 11.1 Å². The number of benzene rings is 1. The van der Waals surface area contributed by atoms with Gasteiger partial charge in [-0.25, -0.2) is 9.78 Å². The van der Waals surface area contributed by atoms with Crippen molar-refractivity contribution in [3.8, 4) is 11.5 Å². The monoisotopic (exact) mass is 390 g/mol. The van der Waals surface area contributed by atoms with Crippen molar-refractivity contribution in [2.75, 3.05) is 0 Å². The van der Waals surface area contributed by atoms with Gasteiger partial charge in [-0.05, 0) is 32.9 Å². The molecule has 126 valence electrons. The zero-order chi connectivity index (χ0) is 16.4. The highest BCUT2D eigenvalue weighted by atomic mass is 79.9. The lowest BCUT2D eigenvalue weighted by Gasteiger charge is -2.18. The van der Waals surface area contributed by atoms with Gasteiger partial charge in [0.15, 0.2) is 18.0 Å². The number of carbonyl (C=O) groups excluding carboxylic acids is 1. The van der Waals surface area contributed by atoms with E-state index in [-0.39, 0.29) is 29.5 Å². The first kappa shape index (κ1) is 18.1. The van der Waals surface area contributed by atoms with E-state index in [0.29, 0.717) is 5.89 Å². The maximum absolute atomic E-state index is 11.8. The van der Waals surface area contributed by atoms with Crippen LogP contribution in [0.2, 0.25) is 0 Å². The van der Waals surface area contributed by atoms with Crippen LogP contribution in [0.4, 0.5) is 0 Å². The van der Waals surface area contributed by atoms with Gasteiger partial charge in [-0.1, -0.05) is 12.1 Å². The summed E-state index contributed by atoms with van der Waals surface area (Å²) in [4.78, 5) is 16.3. The number of fused-ring (bicyclic) bond motifs is 1. The summed E-state index contributed by atoms with van der Waals surface area (Å²) in [7, 11) is 0. The molecule has 5 nitrogen and oxygen atoms in total. The molecular weight excluding hydrogens is 372 g/mol. The molecule has 0 fully saturated rings. The fraction of sp³-hybridized carbons (Fsp3) is 0.278. The van der Waals surface area contributed by atoms with Crippen molar-refractivity contribution in [2.45, 2.75) is 32.9 Å². The quantitative estimate of drug-likeness (QED) is 0.471. The Morgan fingerprint density at radius 2 is 1.83 bits per heavy atom. The third-order valence-corrected chi connectivity index (χ3v) is 3.16. The predicted molar refractivity (Wildman–Crippen MR) is 85.5 cm³/mol. The van der Waals surface area contributed by atoms with E-state index in [9.17, 15) is 4.79 Å². The van der Waals surface area contributed by atoms with Crippen molar-refractivity contribution >= 4 is 17.1 Å². The minimum absolute atomic E-state index is 0. The maximum Gasteiger partial charge on any atom is 0.373 e. The average Bonchev–Trinajstić information content (AvgIpc) is 2.89. The fourth-order valence-corrected chi connectivity index (χ4v) is 2.22. The fourth-order valence-electron chi connectivity index (χ4n) is 2.22. The lowest BCUT2D eigenvalue weighted by Crippen LogP contribution is -3.00. The molecule has 1 aromatic carbocycles. The van der Waals surface area contributed by atoms with Gasteiger partial charge in [0.05, 0.1) is 0 Å². The molecule has 2 aromatic heterocycles. The smallest absolute Gasteiger partial charge is 0.373 e. The van der Waals surface area contributed by atoms with Crippen LogP contribution in [0, 0.1) is 0 Å². The van der Waals surface area contributed by atoms with E-state index in [2.05, 4.69) is 4.98 Å². The Hall–Kier alpha value is -2.21. The molecule has 0 N–H and O–H groups in total. The Morgan fingerprint density at radius 1 is 1.17 bits per heavy atom. The van der Waals surface area contributed by atoms with E-state index in [0.717, 1.165) is 16.7 Å². The second kappa shape index (κ2) is 7.13. The molecule has 3 rings (SSSR count). The van der Waals surface area contributed by atoms with Crippen LogP contribution < -0.4 is 21.5 Å². The van der Waals surface area contributed by atoms with Gasteiger partial charge in [-0.3, -0.25) is 0 Å². The molecule has 2 heterocycles. The Bertz CT molecular complexity index is 802. The van der Waals surface area contributed by atoms with Gasteiger partial charge in [-0.2, -0.15) is 4.57 Å². The number of halogens is 1. The number of carbonyl (C=O) groups is 1. The molecule has 0 unspecified atom stereocenters. The number of hydrogen-bond acceptors (Lipinski definition) is 4. The molecule has 3 aromatic rings. The van der Waals surface area contributed by atoms with Crippen molar-refractivity contribution in [2.24, 2.45) is 0 Å². The number of oxazole rings is 1. The van der Waals surface area contributed by atoms with E-state index < -0.39 is 5.60 Å². The highest BCUT2D eigenvalue weighted by Crippen LogP contribution is 2.22. The molecule has 0 saturated carbocycles. The van der Waals surface area contributed by atoms with Gasteiger partial charge in [0.2, 0.25) is 12.4 Å². The number of nitrogens with zero attached hydrogens (tertiary/aromatic N) is 2. The second-order valence-corrected chi connectivity index (χ2v) is 6.33. The van der Waals surface area contributed by atoms with Gasteiger partial charge >= 0.3 is 5.97 Å². The van der Waals surface area contributed by atoms with Gasteiger partial charge < -0.3 is 26.1 Å². The van der Waals surface area contributed by atoms with Crippen LogP contribution in [0.3, 0.4) is 0 Å². The Balaban J connectivity index is 0.00000208. The molecule has 0 atom stereocenters. The van der Waals surface area contributed by atoms with E-state index in [1.54, 1.807) is 4.57 Å². The van der Waals surface area contributed by atoms with Crippen molar-refractivity contribution in [1.82, 2.24) is 4.98 Å². The summed E-state index contributed by atoms with van der Waals surface area (Å²) < 4.78 is 12.8. The summed E-state index contributed by atoms with van der Waals surface area (Å²) >= 11 is 0. The van der Waals surface area contributed by atoms with Gasteiger partial charge in [-0.15, -0.1) is 0 Å². The Kier molecular flexibility index (Phi) is 5.39. The van der Waals surface area contributed by atoms with E-state index >= 15 is 0 Å². The van der Waals surface area contributed by atoms with Crippen molar-refractivity contribution < 1.29 is 35.5 Å². The maximum atomic E-state index is 11.8. The Morgan fingerprint density at radius 3 is 2.46 bits per heavy atom. The highest BCUT2D eigenvalue weighted by molar-refractivity contribution is 5.75. The Labute approximate surface area is 151 Å². The molecule has 6 heteroatoms. The number of ether oxygens (including phenoxy) is 1.